The summed E-state index contributed by atoms with van der Waals surface area (Å²) >= 11 is 9.56. The first-order valence-corrected chi connectivity index (χ1v) is 10.4. The van der Waals surface area contributed by atoms with Gasteiger partial charge in [0.25, 0.3) is 0 Å². The fraction of sp³-hybridized carbons (Fsp3) is 0.0833. The minimum Gasteiger partial charge on any atom is -0.493 e. The first-order chi connectivity index (χ1) is 14.9. The topological polar surface area (TPSA) is 64.6 Å². The molecule has 0 aliphatic rings. The molecule has 31 heavy (non-hydrogen) atoms. The van der Waals surface area contributed by atoms with Crippen LogP contribution in [0, 0.1) is 0 Å². The molecule has 3 aromatic rings. The van der Waals surface area contributed by atoms with Gasteiger partial charge in [0.05, 0.1) is 24.9 Å². The van der Waals surface area contributed by atoms with Crippen molar-refractivity contribution in [3.8, 4) is 11.5 Å². The highest BCUT2D eigenvalue weighted by Crippen LogP contribution is 2.29. The highest BCUT2D eigenvalue weighted by molar-refractivity contribution is 9.10. The molecule has 0 aliphatic carbocycles. The van der Waals surface area contributed by atoms with Gasteiger partial charge in [0.15, 0.2) is 17.3 Å². The van der Waals surface area contributed by atoms with E-state index in [1.54, 1.807) is 81.0 Å². The van der Waals surface area contributed by atoms with Crippen LogP contribution in [0.25, 0.3) is 6.08 Å². The van der Waals surface area contributed by atoms with Crippen LogP contribution in [0.15, 0.2) is 71.2 Å². The number of ketones is 1. The maximum Gasteiger partial charge on any atom is 0.248 e. The smallest absolute Gasteiger partial charge is 0.248 e. The monoisotopic (exact) mass is 499 g/mol. The van der Waals surface area contributed by atoms with Gasteiger partial charge < -0.3 is 14.8 Å². The summed E-state index contributed by atoms with van der Waals surface area (Å²) in [7, 11) is 3.10. The molecule has 1 N–H and O–H groups in total. The summed E-state index contributed by atoms with van der Waals surface area (Å²) in [6.45, 7) is 0. The summed E-state index contributed by atoms with van der Waals surface area (Å²) in [6.07, 6.45) is 3.03. The van der Waals surface area contributed by atoms with Crippen LogP contribution in [-0.2, 0) is 4.79 Å². The molecule has 0 aliphatic heterocycles. The van der Waals surface area contributed by atoms with E-state index in [4.69, 9.17) is 21.1 Å². The van der Waals surface area contributed by atoms with Gasteiger partial charge in [0, 0.05) is 21.7 Å². The molecule has 7 heteroatoms. The van der Waals surface area contributed by atoms with Crippen molar-refractivity contribution in [2.75, 3.05) is 19.5 Å². The molecule has 0 aromatic heterocycles. The predicted octanol–water partition coefficient (Wildman–Crippen LogP) is 6.00. The van der Waals surface area contributed by atoms with E-state index >= 15 is 0 Å². The van der Waals surface area contributed by atoms with E-state index in [1.807, 2.05) is 0 Å². The van der Waals surface area contributed by atoms with Crippen LogP contribution in [-0.4, -0.2) is 25.9 Å². The van der Waals surface area contributed by atoms with E-state index in [0.717, 1.165) is 5.56 Å². The van der Waals surface area contributed by atoms with Gasteiger partial charge in [-0.05, 0) is 54.1 Å². The van der Waals surface area contributed by atoms with Gasteiger partial charge in [-0.3, -0.25) is 9.59 Å². The maximum absolute atomic E-state index is 13.0. The van der Waals surface area contributed by atoms with Gasteiger partial charge in [-0.15, -0.1) is 0 Å². The lowest BCUT2D eigenvalue weighted by molar-refractivity contribution is -0.111. The maximum atomic E-state index is 13.0. The first-order valence-electron chi connectivity index (χ1n) is 9.23. The zero-order chi connectivity index (χ0) is 22.4. The number of hydrogen-bond donors (Lipinski definition) is 1. The van der Waals surface area contributed by atoms with Crippen molar-refractivity contribution in [3.63, 3.8) is 0 Å². The molecule has 0 saturated carbocycles. The number of methoxy groups -OCH3 is 2. The van der Waals surface area contributed by atoms with Crippen LogP contribution in [0.3, 0.4) is 0 Å². The second kappa shape index (κ2) is 10.3. The number of carbonyl (C=O) groups excluding carboxylic acids is 2. The molecular weight excluding hydrogens is 482 g/mol. The van der Waals surface area contributed by atoms with Gasteiger partial charge in [-0.2, -0.15) is 0 Å². The zero-order valence-electron chi connectivity index (χ0n) is 16.8. The fourth-order valence-corrected chi connectivity index (χ4v) is 3.49. The molecule has 0 fully saturated rings. The van der Waals surface area contributed by atoms with Crippen LogP contribution in [0.4, 0.5) is 5.69 Å². The highest BCUT2D eigenvalue weighted by atomic mass is 79.9. The van der Waals surface area contributed by atoms with Gasteiger partial charge in [-0.25, -0.2) is 0 Å². The molecule has 158 valence electrons. The van der Waals surface area contributed by atoms with E-state index < -0.39 is 0 Å². The van der Waals surface area contributed by atoms with E-state index in [9.17, 15) is 9.59 Å². The Morgan fingerprint density at radius 3 is 2.39 bits per heavy atom. The van der Waals surface area contributed by atoms with Crippen LogP contribution < -0.4 is 14.8 Å². The molecule has 0 spiro atoms. The number of hydrogen-bond acceptors (Lipinski definition) is 4. The Hall–Kier alpha value is -3.09. The highest BCUT2D eigenvalue weighted by Gasteiger charge is 2.17. The van der Waals surface area contributed by atoms with Gasteiger partial charge in [-0.1, -0.05) is 45.7 Å². The second-order valence-corrected chi connectivity index (χ2v) is 7.76. The third kappa shape index (κ3) is 5.54. The first kappa shape index (κ1) is 22.6. The van der Waals surface area contributed by atoms with Crippen LogP contribution in [0.1, 0.15) is 21.5 Å². The van der Waals surface area contributed by atoms with Crippen molar-refractivity contribution >= 4 is 51.0 Å². The number of nitrogens with one attached hydrogen (secondary N) is 1. The van der Waals surface area contributed by atoms with Crippen LogP contribution in [0.5, 0.6) is 11.5 Å². The van der Waals surface area contributed by atoms with Crippen LogP contribution in [0.2, 0.25) is 5.02 Å². The quantitative estimate of drug-likeness (QED) is 0.319. The Kier molecular flexibility index (Phi) is 7.50. The lowest BCUT2D eigenvalue weighted by Crippen LogP contribution is -2.13. The number of halogens is 2. The number of carbonyl (C=O) groups is 2. The summed E-state index contributed by atoms with van der Waals surface area (Å²) < 4.78 is 11.2. The van der Waals surface area contributed by atoms with Crippen molar-refractivity contribution < 1.29 is 19.1 Å². The van der Waals surface area contributed by atoms with Gasteiger partial charge in [0.2, 0.25) is 5.91 Å². The average Bonchev–Trinajstić information content (AvgIpc) is 2.78. The normalized spacial score (nSPS) is 10.7. The minimum absolute atomic E-state index is 0.286. The molecule has 0 unspecified atom stereocenters. The zero-order valence-corrected chi connectivity index (χ0v) is 19.2. The number of benzene rings is 3. The summed E-state index contributed by atoms with van der Waals surface area (Å²) in [6, 6.07) is 17.2. The number of rotatable bonds is 7. The molecule has 0 heterocycles. The molecule has 1 amide bonds. The number of amides is 1. The molecule has 5 nitrogen and oxygen atoms in total. The molecule has 3 aromatic carbocycles. The molecule has 0 bridgehead atoms. The Morgan fingerprint density at radius 2 is 1.68 bits per heavy atom. The number of ether oxygens (including phenoxy) is 2. The van der Waals surface area contributed by atoms with Gasteiger partial charge in [0.1, 0.15) is 0 Å². The van der Waals surface area contributed by atoms with Crippen molar-refractivity contribution in [1.29, 1.82) is 0 Å². The minimum atomic E-state index is -0.384. The summed E-state index contributed by atoms with van der Waals surface area (Å²) in [5, 5.41) is 3.11. The van der Waals surface area contributed by atoms with Crippen molar-refractivity contribution in [2.45, 2.75) is 0 Å². The third-order valence-electron chi connectivity index (χ3n) is 4.44. The van der Waals surface area contributed by atoms with Crippen LogP contribution >= 0.6 is 27.5 Å². The van der Waals surface area contributed by atoms with E-state index in [-0.39, 0.29) is 11.7 Å². The van der Waals surface area contributed by atoms with E-state index in [0.29, 0.717) is 37.8 Å². The molecule has 0 radical (unpaired) electrons. The second-order valence-electron chi connectivity index (χ2n) is 6.44. The Labute approximate surface area is 193 Å². The SMILES string of the molecule is COc1ccc(/C=C/C(=O)Nc2ccc(Br)cc2C(=O)c2ccccc2Cl)cc1OC. The van der Waals surface area contributed by atoms with Crippen molar-refractivity contribution in [2.24, 2.45) is 0 Å². The molecular formula is C24H19BrClNO4. The predicted molar refractivity (Wildman–Crippen MR) is 126 cm³/mol. The third-order valence-corrected chi connectivity index (χ3v) is 5.26. The summed E-state index contributed by atoms with van der Waals surface area (Å²) in [5.74, 6) is 0.490. The summed E-state index contributed by atoms with van der Waals surface area (Å²) in [5.41, 5.74) is 1.83. The van der Waals surface area contributed by atoms with Gasteiger partial charge >= 0.3 is 0 Å². The Bertz CT molecular complexity index is 1160. The largest absolute Gasteiger partial charge is 0.493 e. The van der Waals surface area contributed by atoms with E-state index in [1.165, 1.54) is 6.08 Å². The Morgan fingerprint density at radius 1 is 0.935 bits per heavy atom. The van der Waals surface area contributed by atoms with Crippen molar-refractivity contribution in [3.05, 3.63) is 92.9 Å². The molecule has 3 rings (SSSR count). The molecule has 0 saturated heterocycles. The van der Waals surface area contributed by atoms with E-state index in [2.05, 4.69) is 21.2 Å². The fourth-order valence-electron chi connectivity index (χ4n) is 2.91. The lowest BCUT2D eigenvalue weighted by atomic mass is 10.0. The molecule has 0 atom stereocenters. The Balaban J connectivity index is 1.83. The standard InChI is InChI=1S/C24H19BrClNO4/c1-30-21-11-7-15(13-22(21)31-2)8-12-23(28)27-20-10-9-16(25)14-18(20)24(29)17-5-3-4-6-19(17)26/h3-14H,1-2H3,(H,27,28)/b12-8+. The summed E-state index contributed by atoms with van der Waals surface area (Å²) in [4.78, 5) is 25.6. The lowest BCUT2D eigenvalue weighted by Gasteiger charge is -2.11. The van der Waals surface area contributed by atoms with Crippen molar-refractivity contribution in [1.82, 2.24) is 0 Å². The number of anilines is 1. The average molecular weight is 501 g/mol.